The number of nitrogens with one attached hydrogen (secondary N) is 1. The number of hydrogen-bond acceptors (Lipinski definition) is 6. The minimum atomic E-state index is -3.55. The average molecular weight is 645 g/mol. The zero-order valence-electron chi connectivity index (χ0n) is 24.5. The van der Waals surface area contributed by atoms with E-state index >= 15 is 13.2 Å². The summed E-state index contributed by atoms with van der Waals surface area (Å²) in [7, 11) is 0. The van der Waals surface area contributed by atoms with Crippen LogP contribution >= 0.6 is 0 Å². The number of rotatable bonds is 9. The summed E-state index contributed by atoms with van der Waals surface area (Å²) in [5.74, 6) is -4.09. The molecule has 0 aliphatic heterocycles. The number of aromatic nitrogens is 3. The van der Waals surface area contributed by atoms with Gasteiger partial charge in [-0.15, -0.1) is 0 Å². The molecule has 1 amide bonds. The summed E-state index contributed by atoms with van der Waals surface area (Å²) in [6.07, 6.45) is -6.74. The van der Waals surface area contributed by atoms with Gasteiger partial charge in [-0.25, -0.2) is 31.7 Å². The topological polar surface area (TPSA) is 87.5 Å². The van der Waals surface area contributed by atoms with Gasteiger partial charge in [0.2, 0.25) is 5.88 Å². The summed E-state index contributed by atoms with van der Waals surface area (Å²) in [6.45, 7) is 4.85. The van der Waals surface area contributed by atoms with Crippen LogP contribution in [0.15, 0.2) is 73.1 Å². The van der Waals surface area contributed by atoms with E-state index in [0.29, 0.717) is 0 Å². The summed E-state index contributed by atoms with van der Waals surface area (Å²) in [5.41, 5.74) is -1.83. The number of benzene rings is 3. The predicted octanol–water partition coefficient (Wildman–Crippen LogP) is 8.37. The van der Waals surface area contributed by atoms with E-state index in [2.05, 4.69) is 15.3 Å². The first-order valence-corrected chi connectivity index (χ1v) is 13.7. The fourth-order valence-corrected chi connectivity index (χ4v) is 4.49. The number of carbonyl (C=O) groups excluding carboxylic acids is 1. The number of halogens is 6. The quantitative estimate of drug-likeness (QED) is 0.162. The molecular formula is C32H26F6N4O4. The zero-order valence-corrected chi connectivity index (χ0v) is 24.5. The van der Waals surface area contributed by atoms with Gasteiger partial charge in [-0.1, -0.05) is 30.3 Å². The number of hydrogen-bond donors (Lipinski definition) is 1. The van der Waals surface area contributed by atoms with Crippen molar-refractivity contribution in [3.05, 3.63) is 96.1 Å². The third kappa shape index (κ3) is 7.16. The predicted molar refractivity (Wildman–Crippen MR) is 156 cm³/mol. The maximum atomic E-state index is 15.7. The molecule has 1 atom stereocenters. The lowest BCUT2D eigenvalue weighted by Gasteiger charge is -2.20. The minimum absolute atomic E-state index is 0.0340. The van der Waals surface area contributed by atoms with E-state index in [-0.39, 0.29) is 40.5 Å². The third-order valence-corrected chi connectivity index (χ3v) is 6.33. The van der Waals surface area contributed by atoms with Crippen LogP contribution in [0.4, 0.5) is 36.8 Å². The molecule has 0 aliphatic carbocycles. The SMILES string of the molecule is CC(C)(C)OC(=O)Nc1cc(F)c(-c2cc3ncnc(OC(F)C(F)F)c3n2-c2ccc(OCc3ccccc3)c(F)c2)c(F)c1. The van der Waals surface area contributed by atoms with Crippen LogP contribution in [-0.2, 0) is 11.3 Å². The Morgan fingerprint density at radius 3 is 2.24 bits per heavy atom. The Kier molecular flexibility index (Phi) is 9.08. The second-order valence-electron chi connectivity index (χ2n) is 10.9. The molecule has 5 rings (SSSR count). The van der Waals surface area contributed by atoms with Gasteiger partial charge in [0, 0.05) is 17.4 Å². The van der Waals surface area contributed by atoms with Crippen molar-refractivity contribution < 1.29 is 45.3 Å². The largest absolute Gasteiger partial charge is 0.486 e. The molecule has 240 valence electrons. The smallest absolute Gasteiger partial charge is 0.412 e. The van der Waals surface area contributed by atoms with E-state index < -0.39 is 53.4 Å². The lowest BCUT2D eigenvalue weighted by atomic mass is 10.1. The number of ether oxygens (including phenoxy) is 3. The van der Waals surface area contributed by atoms with Gasteiger partial charge in [0.15, 0.2) is 11.6 Å². The summed E-state index contributed by atoms with van der Waals surface area (Å²) in [4.78, 5) is 20.0. The highest BCUT2D eigenvalue weighted by atomic mass is 19.3. The maximum Gasteiger partial charge on any atom is 0.412 e. The molecule has 0 saturated heterocycles. The van der Waals surface area contributed by atoms with Gasteiger partial charge in [0.05, 0.1) is 16.8 Å². The van der Waals surface area contributed by atoms with Crippen LogP contribution < -0.4 is 14.8 Å². The lowest BCUT2D eigenvalue weighted by Crippen LogP contribution is -2.27. The lowest BCUT2D eigenvalue weighted by molar-refractivity contribution is -0.0683. The maximum absolute atomic E-state index is 15.7. The van der Waals surface area contributed by atoms with Crippen LogP contribution in [0.25, 0.3) is 28.0 Å². The molecule has 3 aromatic carbocycles. The Hall–Kier alpha value is -5.27. The Balaban J connectivity index is 1.62. The highest BCUT2D eigenvalue weighted by Gasteiger charge is 2.28. The fourth-order valence-electron chi connectivity index (χ4n) is 4.49. The highest BCUT2D eigenvalue weighted by molar-refractivity contribution is 5.91. The molecule has 0 saturated carbocycles. The van der Waals surface area contributed by atoms with Crippen molar-refractivity contribution in [2.45, 2.75) is 45.8 Å². The first-order chi connectivity index (χ1) is 21.8. The van der Waals surface area contributed by atoms with E-state index in [0.717, 1.165) is 34.7 Å². The molecule has 0 aliphatic rings. The van der Waals surface area contributed by atoms with Gasteiger partial charge in [-0.05, 0) is 56.7 Å². The molecule has 2 aromatic heterocycles. The van der Waals surface area contributed by atoms with Crippen molar-refractivity contribution >= 4 is 22.8 Å². The van der Waals surface area contributed by atoms with Gasteiger partial charge in [0.25, 0.3) is 6.36 Å². The molecule has 0 radical (unpaired) electrons. The number of nitrogens with zero attached hydrogens (tertiary/aromatic N) is 3. The minimum Gasteiger partial charge on any atom is -0.486 e. The summed E-state index contributed by atoms with van der Waals surface area (Å²) >= 11 is 0. The summed E-state index contributed by atoms with van der Waals surface area (Å²) in [6, 6.07) is 15.3. The molecule has 8 nitrogen and oxygen atoms in total. The molecule has 0 bridgehead atoms. The Morgan fingerprint density at radius 2 is 1.61 bits per heavy atom. The molecule has 1 N–H and O–H groups in total. The summed E-state index contributed by atoms with van der Waals surface area (Å²) < 4.78 is 103. The number of fused-ring (bicyclic) bond motifs is 1. The first kappa shape index (κ1) is 32.1. The van der Waals surface area contributed by atoms with Crippen LogP contribution in [0, 0.1) is 17.5 Å². The Bertz CT molecular complexity index is 1860. The number of alkyl halides is 3. The molecule has 0 fully saturated rings. The highest BCUT2D eigenvalue weighted by Crippen LogP contribution is 2.39. The van der Waals surface area contributed by atoms with Crippen molar-refractivity contribution in [1.29, 1.82) is 0 Å². The average Bonchev–Trinajstić information content (AvgIpc) is 3.35. The fraction of sp³-hybridized carbons (Fsp3) is 0.219. The van der Waals surface area contributed by atoms with E-state index in [4.69, 9.17) is 14.2 Å². The number of carbonyl (C=O) groups is 1. The van der Waals surface area contributed by atoms with Crippen molar-refractivity contribution in [2.24, 2.45) is 0 Å². The van der Waals surface area contributed by atoms with Crippen molar-refractivity contribution in [1.82, 2.24) is 14.5 Å². The third-order valence-electron chi connectivity index (χ3n) is 6.33. The van der Waals surface area contributed by atoms with Crippen molar-refractivity contribution in [3.8, 4) is 28.6 Å². The Labute approximate surface area is 258 Å². The van der Waals surface area contributed by atoms with Gasteiger partial charge in [-0.2, -0.15) is 9.37 Å². The van der Waals surface area contributed by atoms with Crippen LogP contribution in [-0.4, -0.2) is 39.0 Å². The standard InChI is InChI=1S/C32H26F6N4O4/c1-32(2,3)46-31(43)41-18-11-21(34)26(22(35)12-18)24-14-23-27(30(40-16-39-23)45-29(38)28(36)37)42(24)19-9-10-25(20(33)13-19)44-15-17-7-5-4-6-8-17/h4-14,16,28-29H,15H2,1-3H3,(H,41,43). The monoisotopic (exact) mass is 644 g/mol. The summed E-state index contributed by atoms with van der Waals surface area (Å²) in [5, 5.41) is 2.24. The van der Waals surface area contributed by atoms with Gasteiger partial charge in [-0.3, -0.25) is 5.32 Å². The van der Waals surface area contributed by atoms with E-state index in [1.165, 1.54) is 18.2 Å². The second-order valence-corrected chi connectivity index (χ2v) is 10.9. The van der Waals surface area contributed by atoms with Crippen LogP contribution in [0.3, 0.4) is 0 Å². The van der Waals surface area contributed by atoms with E-state index in [1.54, 1.807) is 45.0 Å². The van der Waals surface area contributed by atoms with E-state index in [9.17, 15) is 18.0 Å². The molecule has 14 heteroatoms. The van der Waals surface area contributed by atoms with Crippen LogP contribution in [0.1, 0.15) is 26.3 Å². The molecular weight excluding hydrogens is 618 g/mol. The van der Waals surface area contributed by atoms with Gasteiger partial charge < -0.3 is 18.8 Å². The van der Waals surface area contributed by atoms with Gasteiger partial charge >= 0.3 is 12.5 Å². The molecule has 46 heavy (non-hydrogen) atoms. The molecule has 0 spiro atoms. The van der Waals surface area contributed by atoms with Gasteiger partial charge in [0.1, 0.15) is 35.7 Å². The van der Waals surface area contributed by atoms with Crippen LogP contribution in [0.5, 0.6) is 11.6 Å². The number of anilines is 1. The second kappa shape index (κ2) is 13.0. The van der Waals surface area contributed by atoms with Crippen molar-refractivity contribution in [2.75, 3.05) is 5.32 Å². The van der Waals surface area contributed by atoms with Crippen molar-refractivity contribution in [3.63, 3.8) is 0 Å². The van der Waals surface area contributed by atoms with Crippen LogP contribution in [0.2, 0.25) is 0 Å². The zero-order chi connectivity index (χ0) is 33.2. The Morgan fingerprint density at radius 1 is 0.913 bits per heavy atom. The molecule has 5 aromatic rings. The van der Waals surface area contributed by atoms with E-state index in [1.807, 2.05) is 6.07 Å². The molecule has 2 heterocycles. The molecule has 1 unspecified atom stereocenters. The normalized spacial score (nSPS) is 12.3. The number of amides is 1. The first-order valence-electron chi connectivity index (χ1n) is 13.7.